The maximum atomic E-state index is 12.3. The highest BCUT2D eigenvalue weighted by molar-refractivity contribution is 7.15. The van der Waals surface area contributed by atoms with E-state index in [2.05, 4.69) is 25.6 Å². The van der Waals surface area contributed by atoms with Crippen molar-refractivity contribution in [3.05, 3.63) is 5.01 Å². The van der Waals surface area contributed by atoms with Crippen molar-refractivity contribution >= 4 is 34.0 Å². The Morgan fingerprint density at radius 2 is 1.95 bits per heavy atom. The number of carbonyl (C=O) groups is 2. The Balaban J connectivity index is 1.58. The van der Waals surface area contributed by atoms with Crippen LogP contribution in [0.15, 0.2) is 5.10 Å². The van der Waals surface area contributed by atoms with Crippen LogP contribution in [0.5, 0.6) is 0 Å². The SMILES string of the molecule is Cc1nnc(N2CCN(C(=O)C3=NNC(=O)CC3)CC2)s1. The fourth-order valence-corrected chi connectivity index (χ4v) is 3.06. The maximum absolute atomic E-state index is 12.3. The number of anilines is 1. The predicted octanol–water partition coefficient (Wildman–Crippen LogP) is -0.239. The third kappa shape index (κ3) is 3.02. The Hall–Kier alpha value is -2.03. The van der Waals surface area contributed by atoms with Gasteiger partial charge < -0.3 is 9.80 Å². The second kappa shape index (κ2) is 5.76. The van der Waals surface area contributed by atoms with Crippen molar-refractivity contribution in [3.63, 3.8) is 0 Å². The Bertz CT molecular complexity index is 590. The lowest BCUT2D eigenvalue weighted by molar-refractivity contribution is -0.124. The Labute approximate surface area is 125 Å². The average Bonchev–Trinajstić information content (AvgIpc) is 2.94. The van der Waals surface area contributed by atoms with E-state index in [0.29, 0.717) is 31.6 Å². The topological polar surface area (TPSA) is 90.8 Å². The van der Waals surface area contributed by atoms with Crippen LogP contribution < -0.4 is 10.3 Å². The molecule has 1 N–H and O–H groups in total. The van der Waals surface area contributed by atoms with Gasteiger partial charge in [0.05, 0.1) is 0 Å². The van der Waals surface area contributed by atoms with Crippen molar-refractivity contribution in [1.29, 1.82) is 0 Å². The fraction of sp³-hybridized carbons (Fsp3) is 0.583. The highest BCUT2D eigenvalue weighted by Crippen LogP contribution is 2.21. The Kier molecular flexibility index (Phi) is 3.82. The zero-order chi connectivity index (χ0) is 14.8. The van der Waals surface area contributed by atoms with E-state index < -0.39 is 0 Å². The number of piperazine rings is 1. The molecule has 3 heterocycles. The minimum Gasteiger partial charge on any atom is -0.343 e. The van der Waals surface area contributed by atoms with E-state index in [1.807, 2.05) is 6.92 Å². The summed E-state index contributed by atoms with van der Waals surface area (Å²) in [6.07, 6.45) is 0.745. The molecular weight excluding hydrogens is 292 g/mol. The van der Waals surface area contributed by atoms with Crippen LogP contribution in [-0.4, -0.2) is 58.8 Å². The van der Waals surface area contributed by atoms with Gasteiger partial charge in [0.1, 0.15) is 10.7 Å². The lowest BCUT2D eigenvalue weighted by atomic mass is 10.1. The first-order valence-electron chi connectivity index (χ1n) is 6.83. The molecule has 0 spiro atoms. The van der Waals surface area contributed by atoms with Gasteiger partial charge in [-0.3, -0.25) is 9.59 Å². The number of nitrogens with zero attached hydrogens (tertiary/aromatic N) is 5. The van der Waals surface area contributed by atoms with Gasteiger partial charge in [-0.25, -0.2) is 5.43 Å². The molecular formula is C12H16N6O2S. The van der Waals surface area contributed by atoms with Crippen molar-refractivity contribution in [3.8, 4) is 0 Å². The van der Waals surface area contributed by atoms with Gasteiger partial charge in [0, 0.05) is 39.0 Å². The monoisotopic (exact) mass is 308 g/mol. The number of hydrogen-bond donors (Lipinski definition) is 1. The zero-order valence-electron chi connectivity index (χ0n) is 11.7. The molecule has 0 aromatic carbocycles. The summed E-state index contributed by atoms with van der Waals surface area (Å²) in [6.45, 7) is 4.66. The number of aryl methyl sites for hydroxylation is 1. The average molecular weight is 308 g/mol. The molecule has 1 aromatic heterocycles. The molecule has 2 amide bonds. The molecule has 0 unspecified atom stereocenters. The van der Waals surface area contributed by atoms with Crippen molar-refractivity contribution in [1.82, 2.24) is 20.5 Å². The van der Waals surface area contributed by atoms with Crippen LogP contribution in [-0.2, 0) is 9.59 Å². The van der Waals surface area contributed by atoms with Gasteiger partial charge in [-0.2, -0.15) is 5.10 Å². The highest BCUT2D eigenvalue weighted by atomic mass is 32.1. The van der Waals surface area contributed by atoms with Crippen molar-refractivity contribution < 1.29 is 9.59 Å². The standard InChI is InChI=1S/C12H16N6O2S/c1-8-13-16-12(21-8)18-6-4-17(5-7-18)11(20)9-2-3-10(19)15-14-9/h2-7H2,1H3,(H,15,19). The summed E-state index contributed by atoms with van der Waals surface area (Å²) in [6, 6.07) is 0. The van der Waals surface area contributed by atoms with Crippen LogP contribution in [0.2, 0.25) is 0 Å². The summed E-state index contributed by atoms with van der Waals surface area (Å²) in [7, 11) is 0. The first-order chi connectivity index (χ1) is 10.1. The fourth-order valence-electron chi connectivity index (χ4n) is 2.33. The van der Waals surface area contributed by atoms with E-state index in [1.165, 1.54) is 0 Å². The van der Waals surface area contributed by atoms with Crippen LogP contribution in [0.25, 0.3) is 0 Å². The van der Waals surface area contributed by atoms with Crippen LogP contribution in [0.1, 0.15) is 17.8 Å². The number of hydrazone groups is 1. The molecule has 0 atom stereocenters. The number of nitrogens with one attached hydrogen (secondary N) is 1. The molecule has 2 aliphatic heterocycles. The molecule has 21 heavy (non-hydrogen) atoms. The number of amides is 2. The van der Waals surface area contributed by atoms with Crippen LogP contribution in [0.4, 0.5) is 5.13 Å². The molecule has 112 valence electrons. The smallest absolute Gasteiger partial charge is 0.270 e. The van der Waals surface area contributed by atoms with E-state index in [4.69, 9.17) is 0 Å². The normalized spacial score (nSPS) is 19.3. The first kappa shape index (κ1) is 13.9. The van der Waals surface area contributed by atoms with E-state index in [9.17, 15) is 9.59 Å². The van der Waals surface area contributed by atoms with Gasteiger partial charge in [-0.15, -0.1) is 10.2 Å². The number of rotatable bonds is 2. The van der Waals surface area contributed by atoms with E-state index in [1.54, 1.807) is 16.2 Å². The third-order valence-electron chi connectivity index (χ3n) is 3.50. The van der Waals surface area contributed by atoms with Crippen LogP contribution in [0.3, 0.4) is 0 Å². The Morgan fingerprint density at radius 3 is 2.52 bits per heavy atom. The summed E-state index contributed by atoms with van der Waals surface area (Å²) in [4.78, 5) is 27.3. The minimum atomic E-state index is -0.136. The molecule has 0 aliphatic carbocycles. The van der Waals surface area contributed by atoms with Gasteiger partial charge >= 0.3 is 0 Å². The van der Waals surface area contributed by atoms with Crippen LogP contribution in [0, 0.1) is 6.92 Å². The molecule has 1 fully saturated rings. The summed E-state index contributed by atoms with van der Waals surface area (Å²) >= 11 is 1.56. The second-order valence-corrected chi connectivity index (χ2v) is 6.14. The van der Waals surface area contributed by atoms with Crippen molar-refractivity contribution in [2.45, 2.75) is 19.8 Å². The highest BCUT2D eigenvalue weighted by Gasteiger charge is 2.27. The summed E-state index contributed by atoms with van der Waals surface area (Å²) in [5, 5.41) is 13.8. The van der Waals surface area contributed by atoms with Gasteiger partial charge in [0.15, 0.2) is 0 Å². The van der Waals surface area contributed by atoms with Gasteiger partial charge in [0.25, 0.3) is 5.91 Å². The van der Waals surface area contributed by atoms with Gasteiger partial charge in [-0.05, 0) is 6.92 Å². The molecule has 1 saturated heterocycles. The van der Waals surface area contributed by atoms with E-state index in [-0.39, 0.29) is 11.8 Å². The van der Waals surface area contributed by atoms with E-state index in [0.717, 1.165) is 23.2 Å². The first-order valence-corrected chi connectivity index (χ1v) is 7.65. The molecule has 8 nitrogen and oxygen atoms in total. The minimum absolute atomic E-state index is 0.0805. The number of aromatic nitrogens is 2. The van der Waals surface area contributed by atoms with Crippen molar-refractivity contribution in [2.75, 3.05) is 31.1 Å². The number of carbonyl (C=O) groups excluding carboxylic acids is 2. The largest absolute Gasteiger partial charge is 0.343 e. The second-order valence-electron chi connectivity index (χ2n) is 4.98. The molecule has 1 aromatic rings. The number of hydrogen-bond acceptors (Lipinski definition) is 7. The summed E-state index contributed by atoms with van der Waals surface area (Å²) < 4.78 is 0. The predicted molar refractivity (Wildman–Crippen MR) is 78.3 cm³/mol. The summed E-state index contributed by atoms with van der Waals surface area (Å²) in [5.74, 6) is -0.217. The zero-order valence-corrected chi connectivity index (χ0v) is 12.5. The van der Waals surface area contributed by atoms with Gasteiger partial charge in [-0.1, -0.05) is 11.3 Å². The molecule has 3 rings (SSSR count). The lowest BCUT2D eigenvalue weighted by Gasteiger charge is -2.34. The molecule has 0 radical (unpaired) electrons. The molecule has 0 bridgehead atoms. The molecule has 0 saturated carbocycles. The quantitative estimate of drug-likeness (QED) is 0.814. The molecule has 2 aliphatic rings. The van der Waals surface area contributed by atoms with E-state index >= 15 is 0 Å². The maximum Gasteiger partial charge on any atom is 0.270 e. The van der Waals surface area contributed by atoms with Crippen LogP contribution >= 0.6 is 11.3 Å². The third-order valence-corrected chi connectivity index (χ3v) is 4.40. The van der Waals surface area contributed by atoms with Gasteiger partial charge in [0.2, 0.25) is 11.0 Å². The summed E-state index contributed by atoms with van der Waals surface area (Å²) in [5.41, 5.74) is 2.80. The molecule has 9 heteroatoms. The van der Waals surface area contributed by atoms with Crippen molar-refractivity contribution in [2.24, 2.45) is 5.10 Å². The Morgan fingerprint density at radius 1 is 1.19 bits per heavy atom. The lowest BCUT2D eigenvalue weighted by Crippen LogP contribution is -2.51.